The second-order valence-corrected chi connectivity index (χ2v) is 4.97. The fourth-order valence-electron chi connectivity index (χ4n) is 2.09. The zero-order valence-electron chi connectivity index (χ0n) is 9.46. The van der Waals surface area contributed by atoms with E-state index >= 15 is 0 Å². The van der Waals surface area contributed by atoms with Crippen LogP contribution in [0.4, 0.5) is 5.69 Å². The Hall–Kier alpha value is -0.690. The van der Waals surface area contributed by atoms with E-state index in [0.29, 0.717) is 5.92 Å². The van der Waals surface area contributed by atoms with Crippen LogP contribution in [0.25, 0.3) is 0 Å². The molecule has 1 aromatic rings. The van der Waals surface area contributed by atoms with Crippen LogP contribution in [-0.2, 0) is 0 Å². The van der Waals surface area contributed by atoms with Gasteiger partial charge in [0, 0.05) is 13.1 Å². The van der Waals surface area contributed by atoms with E-state index in [4.69, 9.17) is 11.6 Å². The molecule has 0 amide bonds. The molecule has 1 aliphatic heterocycles. The fraction of sp³-hybridized carbons (Fsp3) is 0.538. The molecule has 2 rings (SSSR count). The first kappa shape index (κ1) is 10.8. The summed E-state index contributed by atoms with van der Waals surface area (Å²) in [7, 11) is 0. The molecule has 0 unspecified atom stereocenters. The van der Waals surface area contributed by atoms with Gasteiger partial charge >= 0.3 is 0 Å². The first-order chi connectivity index (χ1) is 7.18. The smallest absolute Gasteiger partial charge is 0.0639 e. The van der Waals surface area contributed by atoms with Crippen LogP contribution in [0.1, 0.15) is 38.2 Å². The monoisotopic (exact) mass is 223 g/mol. The maximum Gasteiger partial charge on any atom is 0.0639 e. The van der Waals surface area contributed by atoms with Gasteiger partial charge in [0.25, 0.3) is 0 Å². The van der Waals surface area contributed by atoms with Crippen LogP contribution in [0.15, 0.2) is 18.2 Å². The maximum absolute atomic E-state index is 6.24. The van der Waals surface area contributed by atoms with E-state index < -0.39 is 0 Å². The van der Waals surface area contributed by atoms with Crippen molar-refractivity contribution < 1.29 is 0 Å². The van der Waals surface area contributed by atoms with Crippen molar-refractivity contribution in [3.05, 3.63) is 28.8 Å². The lowest BCUT2D eigenvalue weighted by Crippen LogP contribution is -2.18. The van der Waals surface area contributed by atoms with Crippen molar-refractivity contribution in [1.29, 1.82) is 0 Å². The number of nitrogens with zero attached hydrogens (tertiary/aromatic N) is 1. The highest BCUT2D eigenvalue weighted by Crippen LogP contribution is 2.31. The molecule has 0 radical (unpaired) electrons. The van der Waals surface area contributed by atoms with E-state index in [0.717, 1.165) is 18.1 Å². The Morgan fingerprint density at radius 3 is 2.47 bits per heavy atom. The number of benzene rings is 1. The molecule has 0 saturated carbocycles. The normalized spacial score (nSPS) is 16.4. The van der Waals surface area contributed by atoms with Crippen molar-refractivity contribution in [1.82, 2.24) is 0 Å². The summed E-state index contributed by atoms with van der Waals surface area (Å²) in [4.78, 5) is 2.40. The average Bonchev–Trinajstić information content (AvgIpc) is 2.71. The molecule has 0 bridgehead atoms. The van der Waals surface area contributed by atoms with Crippen LogP contribution in [-0.4, -0.2) is 13.1 Å². The third kappa shape index (κ3) is 2.28. The Kier molecular flexibility index (Phi) is 3.20. The van der Waals surface area contributed by atoms with E-state index in [9.17, 15) is 0 Å². The molecule has 15 heavy (non-hydrogen) atoms. The summed E-state index contributed by atoms with van der Waals surface area (Å²) < 4.78 is 0. The van der Waals surface area contributed by atoms with Gasteiger partial charge in [-0.3, -0.25) is 0 Å². The molecule has 2 heteroatoms. The minimum atomic E-state index is 0.573. The summed E-state index contributed by atoms with van der Waals surface area (Å²) >= 11 is 6.24. The average molecular weight is 224 g/mol. The van der Waals surface area contributed by atoms with Crippen molar-refractivity contribution >= 4 is 17.3 Å². The Morgan fingerprint density at radius 2 is 1.87 bits per heavy atom. The number of anilines is 1. The van der Waals surface area contributed by atoms with Gasteiger partial charge in [0.15, 0.2) is 0 Å². The SMILES string of the molecule is CC(C)c1ccc(Cl)c(N2CCCC2)c1. The van der Waals surface area contributed by atoms with Gasteiger partial charge in [-0.2, -0.15) is 0 Å². The van der Waals surface area contributed by atoms with Crippen LogP contribution in [0.5, 0.6) is 0 Å². The third-order valence-electron chi connectivity index (χ3n) is 3.08. The quantitative estimate of drug-likeness (QED) is 0.731. The minimum Gasteiger partial charge on any atom is -0.370 e. The van der Waals surface area contributed by atoms with E-state index in [-0.39, 0.29) is 0 Å². The molecule has 1 aromatic carbocycles. The van der Waals surface area contributed by atoms with Gasteiger partial charge in [-0.15, -0.1) is 0 Å². The van der Waals surface area contributed by atoms with E-state index in [1.807, 2.05) is 6.07 Å². The Bertz CT molecular complexity index is 340. The van der Waals surface area contributed by atoms with Gasteiger partial charge in [-0.1, -0.05) is 31.5 Å². The molecule has 1 aliphatic rings. The van der Waals surface area contributed by atoms with Crippen LogP contribution >= 0.6 is 11.6 Å². The lowest BCUT2D eigenvalue weighted by atomic mass is 10.0. The van der Waals surface area contributed by atoms with Gasteiger partial charge < -0.3 is 4.90 Å². The molecular formula is C13H18ClN. The molecule has 0 aliphatic carbocycles. The van der Waals surface area contributed by atoms with Crippen LogP contribution in [0, 0.1) is 0 Å². The second kappa shape index (κ2) is 4.44. The second-order valence-electron chi connectivity index (χ2n) is 4.56. The first-order valence-corrected chi connectivity index (χ1v) is 6.10. The summed E-state index contributed by atoms with van der Waals surface area (Å²) in [5, 5.41) is 0.890. The Labute approximate surface area is 97.0 Å². The standard InChI is InChI=1S/C13H18ClN/c1-10(2)11-5-6-12(14)13(9-11)15-7-3-4-8-15/h5-6,9-10H,3-4,7-8H2,1-2H3. The highest BCUT2D eigenvalue weighted by Gasteiger charge is 2.15. The molecular weight excluding hydrogens is 206 g/mol. The summed E-state index contributed by atoms with van der Waals surface area (Å²) in [5.74, 6) is 0.573. The van der Waals surface area contributed by atoms with Crippen molar-refractivity contribution in [2.24, 2.45) is 0 Å². The number of halogens is 1. The molecule has 1 heterocycles. The van der Waals surface area contributed by atoms with Crippen molar-refractivity contribution in [2.75, 3.05) is 18.0 Å². The predicted octanol–water partition coefficient (Wildman–Crippen LogP) is 4.06. The summed E-state index contributed by atoms with van der Waals surface area (Å²) in [6.45, 7) is 6.75. The van der Waals surface area contributed by atoms with Crippen LogP contribution in [0.3, 0.4) is 0 Å². The zero-order chi connectivity index (χ0) is 10.8. The summed E-state index contributed by atoms with van der Waals surface area (Å²) in [6.07, 6.45) is 2.59. The van der Waals surface area contributed by atoms with Gasteiger partial charge in [0.1, 0.15) is 0 Å². The first-order valence-electron chi connectivity index (χ1n) is 5.73. The van der Waals surface area contributed by atoms with Gasteiger partial charge in [0.2, 0.25) is 0 Å². The van der Waals surface area contributed by atoms with Crippen molar-refractivity contribution in [3.8, 4) is 0 Å². The summed E-state index contributed by atoms with van der Waals surface area (Å²) in [6, 6.07) is 6.41. The topological polar surface area (TPSA) is 3.24 Å². The Balaban J connectivity index is 2.31. The Morgan fingerprint density at radius 1 is 1.20 bits per heavy atom. The number of rotatable bonds is 2. The third-order valence-corrected chi connectivity index (χ3v) is 3.40. The lowest BCUT2D eigenvalue weighted by Gasteiger charge is -2.20. The molecule has 82 valence electrons. The van der Waals surface area contributed by atoms with E-state index in [1.165, 1.54) is 24.1 Å². The highest BCUT2D eigenvalue weighted by atomic mass is 35.5. The van der Waals surface area contributed by atoms with Gasteiger partial charge in [-0.25, -0.2) is 0 Å². The molecule has 0 atom stereocenters. The van der Waals surface area contributed by atoms with Crippen molar-refractivity contribution in [2.45, 2.75) is 32.6 Å². The lowest BCUT2D eigenvalue weighted by molar-refractivity contribution is 0.862. The molecule has 0 spiro atoms. The minimum absolute atomic E-state index is 0.573. The van der Waals surface area contributed by atoms with Crippen LogP contribution < -0.4 is 4.90 Å². The summed E-state index contributed by atoms with van der Waals surface area (Å²) in [5.41, 5.74) is 2.60. The number of hydrogen-bond acceptors (Lipinski definition) is 1. The van der Waals surface area contributed by atoms with E-state index in [2.05, 4.69) is 30.9 Å². The highest BCUT2D eigenvalue weighted by molar-refractivity contribution is 6.33. The largest absolute Gasteiger partial charge is 0.370 e. The molecule has 1 nitrogen and oxygen atoms in total. The molecule has 0 N–H and O–H groups in total. The molecule has 0 aromatic heterocycles. The predicted molar refractivity (Wildman–Crippen MR) is 67.0 cm³/mol. The van der Waals surface area contributed by atoms with Crippen molar-refractivity contribution in [3.63, 3.8) is 0 Å². The number of hydrogen-bond donors (Lipinski definition) is 0. The van der Waals surface area contributed by atoms with Gasteiger partial charge in [0.05, 0.1) is 10.7 Å². The van der Waals surface area contributed by atoms with Crippen LogP contribution in [0.2, 0.25) is 5.02 Å². The maximum atomic E-state index is 6.24. The zero-order valence-corrected chi connectivity index (χ0v) is 10.2. The molecule has 1 fully saturated rings. The van der Waals surface area contributed by atoms with Gasteiger partial charge in [-0.05, 0) is 36.5 Å². The fourth-order valence-corrected chi connectivity index (χ4v) is 2.33. The van der Waals surface area contributed by atoms with E-state index in [1.54, 1.807) is 0 Å². The molecule has 1 saturated heterocycles.